The van der Waals surface area contributed by atoms with Crippen LogP contribution in [-0.4, -0.2) is 30.5 Å². The number of carbonyl (C=O) groups is 1. The molecule has 1 atom stereocenters. The van der Waals surface area contributed by atoms with E-state index in [4.69, 9.17) is 11.6 Å². The summed E-state index contributed by atoms with van der Waals surface area (Å²) in [6.45, 7) is 2.57. The fourth-order valence-electron chi connectivity index (χ4n) is 1.54. The van der Waals surface area contributed by atoms with Crippen molar-refractivity contribution in [3.05, 3.63) is 40.4 Å². The molecule has 1 aromatic carbocycles. The smallest absolute Gasteiger partial charge is 0.270 e. The second-order valence-corrected chi connectivity index (χ2v) is 5.74. The molecule has 0 aliphatic heterocycles. The Morgan fingerprint density at radius 3 is 2.75 bits per heavy atom. The predicted octanol–water partition coefficient (Wildman–Crippen LogP) is 2.80. The summed E-state index contributed by atoms with van der Waals surface area (Å²) < 4.78 is 0. The Kier molecular flexibility index (Phi) is 5.11. The highest BCUT2D eigenvalue weighted by molar-refractivity contribution is 7.13. The molecule has 2 N–H and O–H groups in total. The number of thiazole rings is 1. The van der Waals surface area contributed by atoms with Crippen LogP contribution in [0, 0.1) is 0 Å². The van der Waals surface area contributed by atoms with Crippen LogP contribution in [0.25, 0.3) is 10.6 Å². The summed E-state index contributed by atoms with van der Waals surface area (Å²) in [7, 11) is 1.86. The summed E-state index contributed by atoms with van der Waals surface area (Å²) in [5, 5.41) is 9.17. The van der Waals surface area contributed by atoms with Crippen LogP contribution in [0.5, 0.6) is 0 Å². The number of likely N-dealkylation sites (N-methyl/N-ethyl adjacent to an activating group) is 1. The quantitative estimate of drug-likeness (QED) is 0.893. The molecule has 1 aromatic heterocycles. The molecule has 0 bridgehead atoms. The van der Waals surface area contributed by atoms with Gasteiger partial charge in [0.25, 0.3) is 5.91 Å². The molecular weight excluding hydrogens is 294 g/mol. The van der Waals surface area contributed by atoms with Crippen LogP contribution in [0.3, 0.4) is 0 Å². The number of aromatic nitrogens is 1. The molecular formula is C14H16ClN3OS. The number of hydrogen-bond donors (Lipinski definition) is 2. The minimum atomic E-state index is -0.149. The molecule has 0 radical (unpaired) electrons. The summed E-state index contributed by atoms with van der Waals surface area (Å²) in [4.78, 5) is 16.3. The molecule has 0 spiro atoms. The fraction of sp³-hybridized carbons (Fsp3) is 0.286. The van der Waals surface area contributed by atoms with Gasteiger partial charge >= 0.3 is 0 Å². The van der Waals surface area contributed by atoms with Crippen molar-refractivity contribution >= 4 is 28.8 Å². The first-order valence-corrected chi connectivity index (χ1v) is 7.53. The number of amides is 1. The van der Waals surface area contributed by atoms with Gasteiger partial charge in [0, 0.05) is 28.6 Å². The van der Waals surface area contributed by atoms with Crippen LogP contribution in [0.1, 0.15) is 17.4 Å². The molecule has 6 heteroatoms. The third-order valence-corrected chi connectivity index (χ3v) is 4.03. The van der Waals surface area contributed by atoms with Crippen molar-refractivity contribution in [1.29, 1.82) is 0 Å². The molecule has 1 amide bonds. The molecule has 20 heavy (non-hydrogen) atoms. The van der Waals surface area contributed by atoms with Crippen molar-refractivity contribution < 1.29 is 4.79 Å². The molecule has 2 aromatic rings. The van der Waals surface area contributed by atoms with Gasteiger partial charge in [0.05, 0.1) is 0 Å². The second kappa shape index (κ2) is 6.83. The number of nitrogens with zero attached hydrogens (tertiary/aromatic N) is 1. The van der Waals surface area contributed by atoms with Gasteiger partial charge in [0.2, 0.25) is 0 Å². The number of rotatable bonds is 5. The highest BCUT2D eigenvalue weighted by atomic mass is 35.5. The number of hydrogen-bond acceptors (Lipinski definition) is 4. The van der Waals surface area contributed by atoms with Crippen molar-refractivity contribution in [2.45, 2.75) is 13.0 Å². The van der Waals surface area contributed by atoms with Crippen LogP contribution in [0.2, 0.25) is 5.02 Å². The minimum Gasteiger partial charge on any atom is -0.349 e. The van der Waals surface area contributed by atoms with Gasteiger partial charge in [-0.1, -0.05) is 23.7 Å². The van der Waals surface area contributed by atoms with E-state index in [0.29, 0.717) is 17.3 Å². The predicted molar refractivity (Wildman–Crippen MR) is 83.4 cm³/mol. The van der Waals surface area contributed by atoms with Gasteiger partial charge in [-0.3, -0.25) is 4.79 Å². The van der Waals surface area contributed by atoms with E-state index >= 15 is 0 Å². The minimum absolute atomic E-state index is 0.149. The van der Waals surface area contributed by atoms with Gasteiger partial charge < -0.3 is 10.6 Å². The normalized spacial score (nSPS) is 12.2. The Balaban J connectivity index is 2.05. The monoisotopic (exact) mass is 309 g/mol. The molecule has 0 aliphatic rings. The zero-order valence-corrected chi connectivity index (χ0v) is 12.9. The lowest BCUT2D eigenvalue weighted by atomic mass is 10.2. The largest absolute Gasteiger partial charge is 0.349 e. The number of halogens is 1. The van der Waals surface area contributed by atoms with Crippen LogP contribution >= 0.6 is 22.9 Å². The molecule has 0 aliphatic carbocycles. The average Bonchev–Trinajstić information content (AvgIpc) is 2.95. The molecule has 0 fully saturated rings. The van der Waals surface area contributed by atoms with Crippen molar-refractivity contribution in [3.8, 4) is 10.6 Å². The van der Waals surface area contributed by atoms with Gasteiger partial charge in [0.15, 0.2) is 0 Å². The van der Waals surface area contributed by atoms with E-state index in [1.807, 2.05) is 38.2 Å². The third-order valence-electron chi connectivity index (χ3n) is 2.89. The maximum absolute atomic E-state index is 11.9. The van der Waals surface area contributed by atoms with E-state index in [2.05, 4.69) is 15.6 Å². The van der Waals surface area contributed by atoms with Gasteiger partial charge in [-0.15, -0.1) is 11.3 Å². The fourth-order valence-corrected chi connectivity index (χ4v) is 2.47. The van der Waals surface area contributed by atoms with Gasteiger partial charge in [-0.2, -0.15) is 0 Å². The molecule has 2 rings (SSSR count). The van der Waals surface area contributed by atoms with Crippen molar-refractivity contribution in [3.63, 3.8) is 0 Å². The molecule has 1 unspecified atom stereocenters. The van der Waals surface area contributed by atoms with Crippen molar-refractivity contribution in [1.82, 2.24) is 15.6 Å². The van der Waals surface area contributed by atoms with E-state index in [1.54, 1.807) is 5.38 Å². The highest BCUT2D eigenvalue weighted by Crippen LogP contribution is 2.24. The van der Waals surface area contributed by atoms with Crippen LogP contribution in [-0.2, 0) is 0 Å². The van der Waals surface area contributed by atoms with Crippen LogP contribution in [0.4, 0.5) is 0 Å². The van der Waals surface area contributed by atoms with E-state index in [1.165, 1.54) is 11.3 Å². The van der Waals surface area contributed by atoms with E-state index in [-0.39, 0.29) is 11.9 Å². The van der Waals surface area contributed by atoms with E-state index in [9.17, 15) is 4.79 Å². The average molecular weight is 310 g/mol. The van der Waals surface area contributed by atoms with E-state index in [0.717, 1.165) is 10.6 Å². The van der Waals surface area contributed by atoms with Crippen LogP contribution in [0.15, 0.2) is 29.6 Å². The molecule has 106 valence electrons. The summed E-state index contributed by atoms with van der Waals surface area (Å²) >= 11 is 7.30. The van der Waals surface area contributed by atoms with E-state index < -0.39 is 0 Å². The number of carbonyl (C=O) groups excluding carboxylic acids is 1. The first-order chi connectivity index (χ1) is 9.60. The highest BCUT2D eigenvalue weighted by Gasteiger charge is 2.12. The Hall–Kier alpha value is -1.43. The maximum Gasteiger partial charge on any atom is 0.270 e. The third kappa shape index (κ3) is 3.79. The first kappa shape index (κ1) is 15.0. The maximum atomic E-state index is 11.9. The topological polar surface area (TPSA) is 54.0 Å². The van der Waals surface area contributed by atoms with Crippen molar-refractivity contribution in [2.24, 2.45) is 0 Å². The Bertz CT molecular complexity index is 582. The van der Waals surface area contributed by atoms with Gasteiger partial charge in [-0.05, 0) is 26.1 Å². The summed E-state index contributed by atoms with van der Waals surface area (Å²) in [5.41, 5.74) is 1.41. The molecule has 0 saturated heterocycles. The Labute approximate surface area is 127 Å². The molecule has 0 saturated carbocycles. The second-order valence-electron chi connectivity index (χ2n) is 4.44. The van der Waals surface area contributed by atoms with Gasteiger partial charge in [0.1, 0.15) is 10.7 Å². The zero-order chi connectivity index (χ0) is 14.5. The lowest BCUT2D eigenvalue weighted by molar-refractivity contribution is 0.0946. The van der Waals surface area contributed by atoms with Crippen LogP contribution < -0.4 is 10.6 Å². The first-order valence-electron chi connectivity index (χ1n) is 6.27. The summed E-state index contributed by atoms with van der Waals surface area (Å²) in [6.07, 6.45) is 0. The Morgan fingerprint density at radius 2 is 2.10 bits per heavy atom. The molecule has 4 nitrogen and oxygen atoms in total. The number of benzene rings is 1. The number of nitrogens with one attached hydrogen (secondary N) is 2. The van der Waals surface area contributed by atoms with Crippen molar-refractivity contribution in [2.75, 3.05) is 13.6 Å². The van der Waals surface area contributed by atoms with Gasteiger partial charge in [-0.25, -0.2) is 4.98 Å². The SMILES string of the molecule is CNC(C)CNC(=O)c1csc(-c2ccc(Cl)cc2)n1. The lowest BCUT2D eigenvalue weighted by Gasteiger charge is -2.10. The lowest BCUT2D eigenvalue weighted by Crippen LogP contribution is -2.37. The molecule has 1 heterocycles. The standard InChI is InChI=1S/C14H16ClN3OS/c1-9(16-2)7-17-13(19)12-8-20-14(18-12)10-3-5-11(15)6-4-10/h3-6,8-9,16H,7H2,1-2H3,(H,17,19). The summed E-state index contributed by atoms with van der Waals surface area (Å²) in [5.74, 6) is -0.149. The Morgan fingerprint density at radius 1 is 1.40 bits per heavy atom. The zero-order valence-electron chi connectivity index (χ0n) is 11.3. The summed E-state index contributed by atoms with van der Waals surface area (Å²) in [6, 6.07) is 7.64.